The van der Waals surface area contributed by atoms with Crippen molar-refractivity contribution in [3.05, 3.63) is 59.7 Å². The summed E-state index contributed by atoms with van der Waals surface area (Å²) in [6.45, 7) is 0.134. The Hall–Kier alpha value is -3.05. The van der Waals surface area contributed by atoms with E-state index >= 15 is 0 Å². The van der Waals surface area contributed by atoms with E-state index < -0.39 is 10.0 Å². The number of hydrogen-bond acceptors (Lipinski definition) is 5. The van der Waals surface area contributed by atoms with E-state index in [0.29, 0.717) is 22.6 Å². The minimum atomic E-state index is -3.57. The molecule has 0 saturated heterocycles. The highest BCUT2D eigenvalue weighted by Crippen LogP contribution is 2.19. The number of benzene rings is 2. The number of ether oxygens (including phenoxy) is 1. The second kappa shape index (κ2) is 8.36. The molecule has 2 rings (SSSR count). The van der Waals surface area contributed by atoms with E-state index in [4.69, 9.17) is 10.00 Å². The molecule has 0 saturated carbocycles. The molecule has 7 nitrogen and oxygen atoms in total. The molecule has 0 aliphatic heterocycles. The molecule has 1 amide bonds. The summed E-state index contributed by atoms with van der Waals surface area (Å²) in [4.78, 5) is 12.3. The third-order valence-electron chi connectivity index (χ3n) is 3.62. The molecule has 2 aromatic rings. The smallest absolute Gasteiger partial charge is 0.255 e. The van der Waals surface area contributed by atoms with Crippen LogP contribution >= 0.6 is 0 Å². The van der Waals surface area contributed by atoms with Crippen LogP contribution in [0.15, 0.2) is 48.5 Å². The molecule has 136 valence electrons. The third-order valence-corrected chi connectivity index (χ3v) is 4.81. The Morgan fingerprint density at radius 1 is 1.23 bits per heavy atom. The van der Waals surface area contributed by atoms with E-state index in [-0.39, 0.29) is 19.0 Å². The first-order chi connectivity index (χ1) is 12.4. The summed E-state index contributed by atoms with van der Waals surface area (Å²) in [5, 5.41) is 11.7. The molecule has 0 bridgehead atoms. The molecule has 0 heterocycles. The molecule has 0 aromatic heterocycles. The Bertz CT molecular complexity index is 935. The highest BCUT2D eigenvalue weighted by Gasteiger charge is 2.18. The Labute approximate surface area is 152 Å². The first kappa shape index (κ1) is 19.3. The van der Waals surface area contributed by atoms with Gasteiger partial charge in [-0.1, -0.05) is 18.2 Å². The number of amides is 1. The zero-order valence-corrected chi connectivity index (χ0v) is 15.3. The number of nitriles is 1. The average Bonchev–Trinajstić information content (AvgIpc) is 2.64. The highest BCUT2D eigenvalue weighted by atomic mass is 32.2. The van der Waals surface area contributed by atoms with Crippen molar-refractivity contribution >= 4 is 21.6 Å². The van der Waals surface area contributed by atoms with Crippen LogP contribution in [0.25, 0.3) is 0 Å². The lowest BCUT2D eigenvalue weighted by atomic mass is 10.2. The van der Waals surface area contributed by atoms with Crippen molar-refractivity contribution in [3.8, 4) is 11.8 Å². The van der Waals surface area contributed by atoms with Gasteiger partial charge < -0.3 is 10.1 Å². The maximum Gasteiger partial charge on any atom is 0.255 e. The number of nitrogens with zero attached hydrogens (tertiary/aromatic N) is 2. The molecule has 0 radical (unpaired) electrons. The molecular weight excluding hydrogens is 354 g/mol. The van der Waals surface area contributed by atoms with Crippen LogP contribution in [0.4, 0.5) is 5.69 Å². The Morgan fingerprint density at radius 2 is 1.96 bits per heavy atom. The Balaban J connectivity index is 2.11. The van der Waals surface area contributed by atoms with Crippen LogP contribution in [0.5, 0.6) is 5.75 Å². The maximum absolute atomic E-state index is 12.3. The largest absolute Gasteiger partial charge is 0.496 e. The van der Waals surface area contributed by atoms with Crippen LogP contribution in [0.3, 0.4) is 0 Å². The standard InChI is InChI=1S/C18H19N3O4S/c1-25-17-9-4-3-8-16(17)18(22)20-10-11-21(26(2,23)24)15-7-5-6-14(12-15)13-19/h3-9,12H,10-11H2,1-2H3,(H,20,22). The fourth-order valence-corrected chi connectivity index (χ4v) is 3.33. The predicted molar refractivity (Wildman–Crippen MR) is 98.7 cm³/mol. The fraction of sp³-hybridized carbons (Fsp3) is 0.222. The first-order valence-electron chi connectivity index (χ1n) is 7.76. The van der Waals surface area contributed by atoms with Crippen LogP contribution in [0.1, 0.15) is 15.9 Å². The van der Waals surface area contributed by atoms with E-state index in [1.807, 2.05) is 6.07 Å². The van der Waals surface area contributed by atoms with E-state index in [9.17, 15) is 13.2 Å². The number of hydrogen-bond donors (Lipinski definition) is 1. The number of para-hydroxylation sites is 1. The second-order valence-corrected chi connectivity index (χ2v) is 7.36. The summed E-state index contributed by atoms with van der Waals surface area (Å²) in [6.07, 6.45) is 1.08. The summed E-state index contributed by atoms with van der Waals surface area (Å²) in [6, 6.07) is 15.0. The van der Waals surface area contributed by atoms with Crippen molar-refractivity contribution in [2.24, 2.45) is 0 Å². The predicted octanol–water partition coefficient (Wildman–Crippen LogP) is 1.76. The number of nitrogens with one attached hydrogen (secondary N) is 1. The zero-order chi connectivity index (χ0) is 19.2. The minimum Gasteiger partial charge on any atom is -0.496 e. The summed E-state index contributed by atoms with van der Waals surface area (Å²) in [5.74, 6) is 0.0772. The number of methoxy groups -OCH3 is 1. The molecule has 2 aromatic carbocycles. The van der Waals surface area contributed by atoms with E-state index in [1.165, 1.54) is 13.2 Å². The molecule has 26 heavy (non-hydrogen) atoms. The lowest BCUT2D eigenvalue weighted by Crippen LogP contribution is -2.38. The third kappa shape index (κ3) is 4.74. The van der Waals surface area contributed by atoms with Gasteiger partial charge >= 0.3 is 0 Å². The lowest BCUT2D eigenvalue weighted by molar-refractivity contribution is 0.0952. The van der Waals surface area contributed by atoms with Crippen molar-refractivity contribution in [2.75, 3.05) is 30.8 Å². The molecule has 1 N–H and O–H groups in total. The average molecular weight is 373 g/mol. The van der Waals surface area contributed by atoms with Crippen LogP contribution < -0.4 is 14.4 Å². The molecule has 0 unspecified atom stereocenters. The maximum atomic E-state index is 12.3. The normalized spacial score (nSPS) is 10.7. The summed E-state index contributed by atoms with van der Waals surface area (Å²) in [5.41, 5.74) is 1.10. The van der Waals surface area contributed by atoms with Gasteiger partial charge in [-0.25, -0.2) is 8.42 Å². The summed E-state index contributed by atoms with van der Waals surface area (Å²) < 4.78 is 30.5. The number of carbonyl (C=O) groups excluding carboxylic acids is 1. The van der Waals surface area contributed by atoms with Crippen LogP contribution in [0.2, 0.25) is 0 Å². The lowest BCUT2D eigenvalue weighted by Gasteiger charge is -2.22. The molecule has 0 spiro atoms. The van der Waals surface area contributed by atoms with Crippen molar-refractivity contribution in [3.63, 3.8) is 0 Å². The monoisotopic (exact) mass is 373 g/mol. The van der Waals surface area contributed by atoms with Crippen LogP contribution in [0, 0.1) is 11.3 Å². The van der Waals surface area contributed by atoms with Gasteiger partial charge in [-0.15, -0.1) is 0 Å². The van der Waals surface area contributed by atoms with Gasteiger partial charge in [0, 0.05) is 6.54 Å². The van der Waals surface area contributed by atoms with E-state index in [0.717, 1.165) is 10.6 Å². The molecule has 8 heteroatoms. The number of sulfonamides is 1. The van der Waals surface area contributed by atoms with E-state index in [2.05, 4.69) is 5.32 Å². The van der Waals surface area contributed by atoms with Crippen LogP contribution in [-0.2, 0) is 10.0 Å². The first-order valence-corrected chi connectivity index (χ1v) is 9.60. The quantitative estimate of drug-likeness (QED) is 0.797. The van der Waals surface area contributed by atoms with Gasteiger partial charge in [0.25, 0.3) is 5.91 Å². The molecule has 0 atom stereocenters. The van der Waals surface area contributed by atoms with Gasteiger partial charge in [-0.2, -0.15) is 5.26 Å². The molecule has 0 aliphatic rings. The number of rotatable bonds is 7. The highest BCUT2D eigenvalue weighted by molar-refractivity contribution is 7.92. The van der Waals surface area contributed by atoms with Crippen molar-refractivity contribution < 1.29 is 17.9 Å². The van der Waals surface area contributed by atoms with Crippen molar-refractivity contribution in [2.45, 2.75) is 0 Å². The van der Waals surface area contributed by atoms with Gasteiger partial charge in [0.05, 0.1) is 42.8 Å². The number of carbonyl (C=O) groups is 1. The topological polar surface area (TPSA) is 99.5 Å². The SMILES string of the molecule is COc1ccccc1C(=O)NCCN(c1cccc(C#N)c1)S(C)(=O)=O. The van der Waals surface area contributed by atoms with Crippen LogP contribution in [-0.4, -0.2) is 40.8 Å². The van der Waals surface area contributed by atoms with Gasteiger partial charge in [-0.05, 0) is 30.3 Å². The number of anilines is 1. The Morgan fingerprint density at radius 3 is 2.62 bits per heavy atom. The van der Waals surface area contributed by atoms with Gasteiger partial charge in [0.1, 0.15) is 5.75 Å². The summed E-state index contributed by atoms with van der Waals surface area (Å²) >= 11 is 0. The Kier molecular flexibility index (Phi) is 6.20. The molecule has 0 aliphatic carbocycles. The summed E-state index contributed by atoms with van der Waals surface area (Å²) in [7, 11) is -2.10. The van der Waals surface area contributed by atoms with E-state index in [1.54, 1.807) is 42.5 Å². The zero-order valence-electron chi connectivity index (χ0n) is 14.5. The molecule has 0 fully saturated rings. The van der Waals surface area contributed by atoms with Crippen molar-refractivity contribution in [1.29, 1.82) is 5.26 Å². The van der Waals surface area contributed by atoms with Gasteiger partial charge in [-0.3, -0.25) is 9.10 Å². The van der Waals surface area contributed by atoms with Gasteiger partial charge in [0.2, 0.25) is 10.0 Å². The van der Waals surface area contributed by atoms with Gasteiger partial charge in [0.15, 0.2) is 0 Å². The molecular formula is C18H19N3O4S. The fourth-order valence-electron chi connectivity index (χ4n) is 2.42. The second-order valence-electron chi connectivity index (χ2n) is 5.45. The van der Waals surface area contributed by atoms with Crippen molar-refractivity contribution in [1.82, 2.24) is 5.32 Å². The minimum absolute atomic E-state index is 0.0363.